The first kappa shape index (κ1) is 29.4. The van der Waals surface area contributed by atoms with Gasteiger partial charge in [-0.1, -0.05) is 49.8 Å². The third-order valence-corrected chi connectivity index (χ3v) is 10.0. The van der Waals surface area contributed by atoms with E-state index in [0.717, 1.165) is 10.3 Å². The van der Waals surface area contributed by atoms with Gasteiger partial charge in [0.15, 0.2) is 5.82 Å². The number of aryl methyl sites for hydroxylation is 2. The number of ether oxygens (including phenoxy) is 1. The molecule has 202 valence electrons. The molecule has 0 spiro atoms. The Hall–Kier alpha value is -2.18. The SMILES string of the molecule is CCCS(=O)(=O)N(COCC[Si](C)(C)C)c1ncc(Cl)c(Nc2ccc3ncn(C)c(=O)c3c2C)c1Cl. The lowest BCUT2D eigenvalue weighted by Crippen LogP contribution is -2.36. The van der Waals surface area contributed by atoms with E-state index in [1.54, 1.807) is 33.0 Å². The molecule has 3 aromatic rings. The second kappa shape index (κ2) is 11.7. The molecule has 3 rings (SSSR count). The minimum atomic E-state index is -3.76. The van der Waals surface area contributed by atoms with E-state index < -0.39 is 18.1 Å². The molecule has 1 N–H and O–H groups in total. The lowest BCUT2D eigenvalue weighted by Gasteiger charge is -2.26. The van der Waals surface area contributed by atoms with Crippen molar-refractivity contribution in [1.29, 1.82) is 0 Å². The summed E-state index contributed by atoms with van der Waals surface area (Å²) in [4.78, 5) is 21.3. The van der Waals surface area contributed by atoms with E-state index >= 15 is 0 Å². The van der Waals surface area contributed by atoms with Gasteiger partial charge in [0.1, 0.15) is 11.8 Å². The highest BCUT2D eigenvalue weighted by Gasteiger charge is 2.28. The second-order valence-corrected chi connectivity index (χ2v) is 18.5. The third kappa shape index (κ3) is 6.83. The standard InChI is InChI=1S/C24H33Cl2N5O4SSi/c1-7-11-36(33,34)31(15-35-10-12-37(4,5)6)23-21(26)22(17(25)13-27-23)29-18-8-9-19-20(16(18)2)24(32)30(3)14-28-19/h8-9,13-14H,7,10-12,15H2,1-6H3,(H,27,29). The van der Waals surface area contributed by atoms with Gasteiger partial charge in [0.2, 0.25) is 10.0 Å². The summed E-state index contributed by atoms with van der Waals surface area (Å²) in [5.74, 6) is -0.0699. The zero-order valence-electron chi connectivity index (χ0n) is 21.9. The minimum Gasteiger partial charge on any atom is -0.360 e. The molecule has 0 fully saturated rings. The number of halogens is 2. The van der Waals surface area contributed by atoms with Crippen LogP contribution in [0.4, 0.5) is 17.2 Å². The minimum absolute atomic E-state index is 0.0195. The molecule has 13 heteroatoms. The highest BCUT2D eigenvalue weighted by molar-refractivity contribution is 7.92. The van der Waals surface area contributed by atoms with Gasteiger partial charge in [-0.2, -0.15) is 0 Å². The Morgan fingerprint density at radius 1 is 1.19 bits per heavy atom. The molecule has 0 radical (unpaired) electrons. The number of nitrogens with one attached hydrogen (secondary N) is 1. The van der Waals surface area contributed by atoms with Gasteiger partial charge in [0, 0.05) is 27.4 Å². The second-order valence-electron chi connectivity index (χ2n) is 10.0. The Morgan fingerprint density at radius 3 is 2.54 bits per heavy atom. The molecule has 0 amide bonds. The molecule has 0 saturated heterocycles. The van der Waals surface area contributed by atoms with Crippen LogP contribution in [0.25, 0.3) is 10.9 Å². The fourth-order valence-electron chi connectivity index (χ4n) is 3.63. The molecular weight excluding hydrogens is 553 g/mol. The van der Waals surface area contributed by atoms with Crippen molar-refractivity contribution < 1.29 is 13.2 Å². The summed E-state index contributed by atoms with van der Waals surface area (Å²) in [7, 11) is -3.49. The zero-order valence-corrected chi connectivity index (χ0v) is 25.3. The van der Waals surface area contributed by atoms with Gasteiger partial charge in [0.25, 0.3) is 5.56 Å². The molecule has 0 aliphatic heterocycles. The van der Waals surface area contributed by atoms with Crippen LogP contribution in [0.3, 0.4) is 0 Å². The lowest BCUT2D eigenvalue weighted by molar-refractivity contribution is 0.156. The van der Waals surface area contributed by atoms with Crippen molar-refractivity contribution in [2.24, 2.45) is 7.05 Å². The quantitative estimate of drug-likeness (QED) is 0.179. The van der Waals surface area contributed by atoms with Gasteiger partial charge in [0.05, 0.1) is 39.9 Å². The predicted molar refractivity (Wildman–Crippen MR) is 155 cm³/mol. The highest BCUT2D eigenvalue weighted by atomic mass is 35.5. The summed E-state index contributed by atoms with van der Waals surface area (Å²) in [6.07, 6.45) is 3.24. The van der Waals surface area contributed by atoms with E-state index in [4.69, 9.17) is 27.9 Å². The van der Waals surface area contributed by atoms with E-state index in [9.17, 15) is 13.2 Å². The third-order valence-electron chi connectivity index (χ3n) is 5.80. The molecule has 0 saturated carbocycles. The fourth-order valence-corrected chi connectivity index (χ4v) is 6.35. The number of hydrogen-bond acceptors (Lipinski definition) is 7. The van der Waals surface area contributed by atoms with Crippen LogP contribution in [0.1, 0.15) is 18.9 Å². The molecule has 0 atom stereocenters. The molecule has 0 aliphatic carbocycles. The van der Waals surface area contributed by atoms with Gasteiger partial charge in [-0.15, -0.1) is 0 Å². The number of sulfonamides is 1. The normalized spacial score (nSPS) is 12.2. The monoisotopic (exact) mass is 585 g/mol. The average molecular weight is 587 g/mol. The van der Waals surface area contributed by atoms with Crippen LogP contribution in [0.15, 0.2) is 29.5 Å². The van der Waals surface area contributed by atoms with E-state index in [0.29, 0.717) is 35.2 Å². The van der Waals surface area contributed by atoms with Crippen molar-refractivity contribution in [3.05, 3.63) is 50.6 Å². The summed E-state index contributed by atoms with van der Waals surface area (Å²) >= 11 is 13.2. The van der Waals surface area contributed by atoms with Crippen LogP contribution in [-0.2, 0) is 21.8 Å². The molecule has 1 aromatic carbocycles. The first-order chi connectivity index (χ1) is 17.3. The maximum Gasteiger partial charge on any atom is 0.261 e. The van der Waals surface area contributed by atoms with Crippen LogP contribution in [0.2, 0.25) is 35.7 Å². The molecular formula is C24H33Cl2N5O4SSi. The predicted octanol–water partition coefficient (Wildman–Crippen LogP) is 5.55. The summed E-state index contributed by atoms with van der Waals surface area (Å²) in [5.41, 5.74) is 1.88. The molecule has 0 bridgehead atoms. The van der Waals surface area contributed by atoms with E-state index in [-0.39, 0.29) is 39.6 Å². The fraction of sp³-hybridized carbons (Fsp3) is 0.458. The van der Waals surface area contributed by atoms with Crippen LogP contribution in [0, 0.1) is 6.92 Å². The number of anilines is 3. The summed E-state index contributed by atoms with van der Waals surface area (Å²) < 4.78 is 34.6. The van der Waals surface area contributed by atoms with Crippen LogP contribution in [-0.4, -0.2) is 50.1 Å². The van der Waals surface area contributed by atoms with E-state index in [2.05, 4.69) is 34.9 Å². The van der Waals surface area contributed by atoms with Crippen molar-refractivity contribution in [1.82, 2.24) is 14.5 Å². The topological polar surface area (TPSA) is 106 Å². The Bertz CT molecular complexity index is 1460. The number of aromatic nitrogens is 3. The van der Waals surface area contributed by atoms with Crippen molar-refractivity contribution in [3.63, 3.8) is 0 Å². The van der Waals surface area contributed by atoms with Crippen LogP contribution in [0.5, 0.6) is 0 Å². The van der Waals surface area contributed by atoms with Gasteiger partial charge in [-0.3, -0.25) is 4.79 Å². The maximum atomic E-state index is 13.2. The van der Waals surface area contributed by atoms with Crippen molar-refractivity contribution in [3.8, 4) is 0 Å². The Kier molecular flexibility index (Phi) is 9.28. The van der Waals surface area contributed by atoms with E-state index in [1.165, 1.54) is 17.1 Å². The first-order valence-electron chi connectivity index (χ1n) is 11.9. The summed E-state index contributed by atoms with van der Waals surface area (Å²) in [6.45, 7) is 10.5. The number of nitrogens with zero attached hydrogens (tertiary/aromatic N) is 4. The average Bonchev–Trinajstić information content (AvgIpc) is 2.80. The van der Waals surface area contributed by atoms with Gasteiger partial charge in [-0.25, -0.2) is 22.7 Å². The number of fused-ring (bicyclic) bond motifs is 1. The maximum absolute atomic E-state index is 13.2. The number of pyridine rings is 1. The molecule has 2 aromatic heterocycles. The smallest absolute Gasteiger partial charge is 0.261 e. The lowest BCUT2D eigenvalue weighted by atomic mass is 10.1. The van der Waals surface area contributed by atoms with Crippen LogP contribution >= 0.6 is 23.2 Å². The first-order valence-corrected chi connectivity index (χ1v) is 18.0. The van der Waals surface area contributed by atoms with E-state index in [1.807, 2.05) is 0 Å². The zero-order chi connectivity index (χ0) is 27.5. The highest BCUT2D eigenvalue weighted by Crippen LogP contribution is 2.40. The largest absolute Gasteiger partial charge is 0.360 e. The van der Waals surface area contributed by atoms with Gasteiger partial charge in [-0.05, 0) is 37.1 Å². The number of rotatable bonds is 11. The van der Waals surface area contributed by atoms with Gasteiger partial charge >= 0.3 is 0 Å². The Balaban J connectivity index is 2.03. The molecule has 9 nitrogen and oxygen atoms in total. The Morgan fingerprint density at radius 2 is 1.89 bits per heavy atom. The molecule has 0 aliphatic rings. The number of hydrogen-bond donors (Lipinski definition) is 1. The van der Waals surface area contributed by atoms with Gasteiger partial charge < -0.3 is 14.6 Å². The molecule has 37 heavy (non-hydrogen) atoms. The molecule has 0 unspecified atom stereocenters. The molecule has 2 heterocycles. The van der Waals surface area contributed by atoms with Crippen molar-refractivity contribution >= 4 is 69.4 Å². The summed E-state index contributed by atoms with van der Waals surface area (Å²) in [5, 5.41) is 3.86. The van der Waals surface area contributed by atoms with Crippen molar-refractivity contribution in [2.45, 2.75) is 46.0 Å². The Labute approximate surface area is 228 Å². The van der Waals surface area contributed by atoms with Crippen LogP contribution < -0.4 is 15.2 Å². The summed E-state index contributed by atoms with van der Waals surface area (Å²) in [6, 6.07) is 4.38. The van der Waals surface area contributed by atoms with Crippen molar-refractivity contribution in [2.75, 3.05) is 28.7 Å². The number of benzene rings is 1.